The lowest BCUT2D eigenvalue weighted by Crippen LogP contribution is -2.43. The van der Waals surface area contributed by atoms with E-state index in [0.717, 1.165) is 30.4 Å². The van der Waals surface area contributed by atoms with E-state index in [4.69, 9.17) is 23.8 Å². The number of hydrogen-bond acceptors (Lipinski definition) is 6. The van der Waals surface area contributed by atoms with Gasteiger partial charge in [-0.1, -0.05) is 43.2 Å². The summed E-state index contributed by atoms with van der Waals surface area (Å²) >= 11 is 0. The molecule has 1 aliphatic rings. The van der Waals surface area contributed by atoms with Gasteiger partial charge in [-0.2, -0.15) is 0 Å². The molecule has 35 heavy (non-hydrogen) atoms. The Labute approximate surface area is 213 Å². The van der Waals surface area contributed by atoms with Gasteiger partial charge >= 0.3 is 13.1 Å². The first-order valence-electron chi connectivity index (χ1n) is 12.9. The maximum atomic E-state index is 13.5. The van der Waals surface area contributed by atoms with Crippen LogP contribution in [0.3, 0.4) is 0 Å². The number of hydrogen-bond donors (Lipinski definition) is 0. The minimum atomic E-state index is -0.973. The number of carbonyl (C=O) groups is 1. The summed E-state index contributed by atoms with van der Waals surface area (Å²) in [6.45, 7) is 18.7. The molecular formula is C28H46BNO5. The monoisotopic (exact) mass is 487 g/mol. The molecule has 1 heterocycles. The van der Waals surface area contributed by atoms with Gasteiger partial charge in [-0.05, 0) is 80.6 Å². The molecule has 0 radical (unpaired) electrons. The van der Waals surface area contributed by atoms with Crippen molar-refractivity contribution in [3.05, 3.63) is 35.9 Å². The Hall–Kier alpha value is -1.70. The number of esters is 1. The average molecular weight is 487 g/mol. The van der Waals surface area contributed by atoms with Gasteiger partial charge in [0.1, 0.15) is 5.60 Å². The van der Waals surface area contributed by atoms with Crippen LogP contribution in [0.25, 0.3) is 0 Å². The van der Waals surface area contributed by atoms with Gasteiger partial charge < -0.3 is 18.8 Å². The number of unbranched alkanes of at least 4 members (excludes halogenated alkanes) is 1. The highest BCUT2D eigenvalue weighted by Crippen LogP contribution is 2.38. The first kappa shape index (κ1) is 29.5. The Bertz CT molecular complexity index is 827. The first-order valence-corrected chi connectivity index (χ1v) is 12.9. The smallest absolute Gasteiger partial charge is 0.457 e. The summed E-state index contributed by atoms with van der Waals surface area (Å²) in [5, 5.41) is 0. The highest BCUT2D eigenvalue weighted by atomic mass is 16.7. The van der Waals surface area contributed by atoms with Gasteiger partial charge in [-0.25, -0.2) is 4.79 Å². The third-order valence-corrected chi connectivity index (χ3v) is 6.57. The van der Waals surface area contributed by atoms with Crippen molar-refractivity contribution in [1.29, 1.82) is 0 Å². The van der Waals surface area contributed by atoms with Gasteiger partial charge in [0.15, 0.2) is 5.54 Å². The highest BCUT2D eigenvalue weighted by molar-refractivity contribution is 6.45. The molecule has 0 aromatic heterocycles. The fourth-order valence-corrected chi connectivity index (χ4v) is 4.10. The van der Waals surface area contributed by atoms with Crippen molar-refractivity contribution in [2.24, 2.45) is 4.99 Å². The van der Waals surface area contributed by atoms with Crippen LogP contribution in [-0.2, 0) is 30.2 Å². The molecule has 7 heteroatoms. The van der Waals surface area contributed by atoms with Crippen LogP contribution < -0.4 is 0 Å². The number of benzene rings is 1. The topological polar surface area (TPSA) is 66.3 Å². The van der Waals surface area contributed by atoms with Crippen LogP contribution in [-0.4, -0.2) is 47.7 Å². The molecule has 0 amide bonds. The SMILES string of the molecule is CC(C)=NC(CCCCB1OC(C)(C)C(C)(C)O1)(CCOCc1ccccc1)C(=O)OC(C)(C)C. The summed E-state index contributed by atoms with van der Waals surface area (Å²) < 4.78 is 24.1. The fraction of sp³-hybridized carbons (Fsp3) is 0.714. The summed E-state index contributed by atoms with van der Waals surface area (Å²) in [6, 6.07) is 10.0. The standard InChI is InChI=1S/C28H46BNO5/c1-22(2)30-28(24(31)33-25(3,4)5,18-20-32-21-23-15-11-10-12-16-23)17-13-14-19-29-34-26(6,7)27(8,9)35-29/h10-12,15-16H,13-14,17-21H2,1-9H3. The van der Waals surface area contributed by atoms with E-state index in [1.54, 1.807) is 0 Å². The van der Waals surface area contributed by atoms with Crippen molar-refractivity contribution in [3.63, 3.8) is 0 Å². The van der Waals surface area contributed by atoms with Gasteiger partial charge in [-0.15, -0.1) is 0 Å². The van der Waals surface area contributed by atoms with E-state index in [1.165, 1.54) is 0 Å². The number of ether oxygens (including phenoxy) is 2. The zero-order valence-corrected chi connectivity index (χ0v) is 23.4. The second-order valence-corrected chi connectivity index (χ2v) is 11.8. The molecule has 1 atom stereocenters. The molecule has 196 valence electrons. The van der Waals surface area contributed by atoms with Crippen molar-refractivity contribution < 1.29 is 23.6 Å². The fourth-order valence-electron chi connectivity index (χ4n) is 4.10. The van der Waals surface area contributed by atoms with Crippen LogP contribution >= 0.6 is 0 Å². The van der Waals surface area contributed by atoms with Crippen molar-refractivity contribution in [1.82, 2.24) is 0 Å². The molecule has 1 aromatic rings. The molecule has 1 fully saturated rings. The summed E-state index contributed by atoms with van der Waals surface area (Å²) in [4.78, 5) is 18.3. The molecular weight excluding hydrogens is 441 g/mol. The number of rotatable bonds is 12. The van der Waals surface area contributed by atoms with Gasteiger partial charge in [0.2, 0.25) is 0 Å². The molecule has 1 unspecified atom stereocenters. The number of nitrogens with zero attached hydrogens (tertiary/aromatic N) is 1. The lowest BCUT2D eigenvalue weighted by atomic mass is 9.80. The molecule has 0 saturated carbocycles. The number of aliphatic imine (C=N–C) groups is 1. The molecule has 1 aromatic carbocycles. The molecule has 2 rings (SSSR count). The third-order valence-electron chi connectivity index (χ3n) is 6.57. The normalized spacial score (nSPS) is 18.7. The van der Waals surface area contributed by atoms with E-state index in [-0.39, 0.29) is 24.3 Å². The number of carbonyl (C=O) groups excluding carboxylic acids is 1. The van der Waals surface area contributed by atoms with E-state index >= 15 is 0 Å². The van der Waals surface area contributed by atoms with Crippen LogP contribution in [0.4, 0.5) is 0 Å². The maximum absolute atomic E-state index is 13.5. The molecule has 0 spiro atoms. The first-order chi connectivity index (χ1) is 16.2. The lowest BCUT2D eigenvalue weighted by Gasteiger charge is -2.32. The summed E-state index contributed by atoms with van der Waals surface area (Å²) in [5.74, 6) is -0.287. The van der Waals surface area contributed by atoms with E-state index < -0.39 is 11.1 Å². The zero-order chi connectivity index (χ0) is 26.3. The van der Waals surface area contributed by atoms with E-state index in [2.05, 4.69) is 27.7 Å². The highest BCUT2D eigenvalue weighted by Gasteiger charge is 2.50. The summed E-state index contributed by atoms with van der Waals surface area (Å²) in [6.07, 6.45) is 3.50. The van der Waals surface area contributed by atoms with E-state index in [1.807, 2.05) is 65.0 Å². The van der Waals surface area contributed by atoms with Crippen molar-refractivity contribution in [3.8, 4) is 0 Å². The van der Waals surface area contributed by atoms with Gasteiger partial charge in [-0.3, -0.25) is 4.99 Å². The molecule has 0 N–H and O–H groups in total. The van der Waals surface area contributed by atoms with Crippen LogP contribution in [0.15, 0.2) is 35.3 Å². The van der Waals surface area contributed by atoms with Crippen LogP contribution in [0.5, 0.6) is 0 Å². The molecule has 0 bridgehead atoms. The van der Waals surface area contributed by atoms with Gasteiger partial charge in [0.05, 0.1) is 17.8 Å². The van der Waals surface area contributed by atoms with Crippen LogP contribution in [0, 0.1) is 0 Å². The molecule has 1 saturated heterocycles. The Morgan fingerprint density at radius 1 is 0.971 bits per heavy atom. The van der Waals surface area contributed by atoms with Crippen LogP contribution in [0.2, 0.25) is 6.32 Å². The Morgan fingerprint density at radius 2 is 1.57 bits per heavy atom. The summed E-state index contributed by atoms with van der Waals surface area (Å²) in [7, 11) is -0.235. The van der Waals surface area contributed by atoms with Gasteiger partial charge in [0.25, 0.3) is 0 Å². The molecule has 1 aliphatic heterocycles. The third kappa shape index (κ3) is 9.03. The minimum absolute atomic E-state index is 0.235. The summed E-state index contributed by atoms with van der Waals surface area (Å²) in [5.41, 5.74) is -0.279. The predicted molar refractivity (Wildman–Crippen MR) is 143 cm³/mol. The molecule has 6 nitrogen and oxygen atoms in total. The second-order valence-electron chi connectivity index (χ2n) is 11.8. The Kier molecular flexibility index (Phi) is 10.1. The maximum Gasteiger partial charge on any atom is 0.457 e. The van der Waals surface area contributed by atoms with E-state index in [9.17, 15) is 4.79 Å². The van der Waals surface area contributed by atoms with Crippen LogP contribution in [0.1, 0.15) is 93.6 Å². The lowest BCUT2D eigenvalue weighted by molar-refractivity contribution is -0.162. The second kappa shape index (κ2) is 12.0. The predicted octanol–water partition coefficient (Wildman–Crippen LogP) is 6.42. The van der Waals surface area contributed by atoms with Crippen molar-refractivity contribution >= 4 is 18.8 Å². The zero-order valence-electron chi connectivity index (χ0n) is 23.4. The minimum Gasteiger partial charge on any atom is -0.458 e. The van der Waals surface area contributed by atoms with Gasteiger partial charge in [0, 0.05) is 18.7 Å². The van der Waals surface area contributed by atoms with Crippen molar-refractivity contribution in [2.75, 3.05) is 6.61 Å². The quantitative estimate of drug-likeness (QED) is 0.147. The van der Waals surface area contributed by atoms with E-state index in [0.29, 0.717) is 26.1 Å². The largest absolute Gasteiger partial charge is 0.458 e. The van der Waals surface area contributed by atoms with Crippen molar-refractivity contribution in [2.45, 2.75) is 123 Å². The Balaban J connectivity index is 2.05. The Morgan fingerprint density at radius 3 is 2.11 bits per heavy atom. The molecule has 0 aliphatic carbocycles. The average Bonchev–Trinajstić information content (AvgIpc) is 2.93.